The molecule has 2 heterocycles. The molecule has 2 aromatic rings. The van der Waals surface area contributed by atoms with Crippen molar-refractivity contribution in [2.45, 2.75) is 24.1 Å². The number of nitro benzene ring substituents is 1. The number of ether oxygens (including phenoxy) is 2. The van der Waals surface area contributed by atoms with E-state index in [-0.39, 0.29) is 40.3 Å². The normalized spacial score (nSPS) is 19.4. The van der Waals surface area contributed by atoms with Crippen LogP contribution in [-0.2, 0) is 30.5 Å². The fraction of sp³-hybridized carbons (Fsp3) is 0.261. The molecule has 2 aliphatic rings. The fourth-order valence-corrected chi connectivity index (χ4v) is 5.28. The second-order valence-corrected chi connectivity index (χ2v) is 9.57. The van der Waals surface area contributed by atoms with Gasteiger partial charge >= 0.3 is 5.97 Å². The van der Waals surface area contributed by atoms with Gasteiger partial charge in [-0.2, -0.15) is 0 Å². The highest BCUT2D eigenvalue weighted by Crippen LogP contribution is 2.41. The molecule has 0 radical (unpaired) electrons. The summed E-state index contributed by atoms with van der Waals surface area (Å²) in [7, 11) is 1.37. The maximum atomic E-state index is 13.0. The number of fused-ring (bicyclic) bond motifs is 1. The van der Waals surface area contributed by atoms with Crippen molar-refractivity contribution in [2.24, 2.45) is 5.73 Å². The first kappa shape index (κ1) is 26.3. The average Bonchev–Trinajstić information content (AvgIpc) is 2.90. The average molecular weight is 549 g/mol. The highest BCUT2D eigenvalue weighted by atomic mass is 35.5. The Labute approximate surface area is 219 Å². The molecule has 1 fully saturated rings. The Morgan fingerprint density at radius 2 is 2.03 bits per heavy atom. The van der Waals surface area contributed by atoms with Crippen LogP contribution in [0.1, 0.15) is 17.2 Å². The predicted octanol–water partition coefficient (Wildman–Crippen LogP) is 1.95. The number of methoxy groups -OCH3 is 1. The number of nitrogens with one attached hydrogen (secondary N) is 1. The first-order valence-corrected chi connectivity index (χ1v) is 12.2. The number of β-lactam (4-membered cyclic amide) rings is 1. The number of non-ortho nitro benzene ring substituents is 1. The topological polar surface area (TPSA) is 174 Å². The number of nitrogens with zero attached hydrogens (tertiary/aromatic N) is 2. The van der Waals surface area contributed by atoms with Crippen LogP contribution < -0.4 is 11.1 Å². The third kappa shape index (κ3) is 5.19. The SMILES string of the molecule is COC1=C(C(=O)OCc2ccc([N+](=O)[O-])cc2)N2C(=O)C(NC(=O)C(N)c3ccc(O)c(Cl)c3)[C@H]2SC1. The molecular formula is C23H21ClN4O8S. The number of amides is 2. The zero-order valence-electron chi connectivity index (χ0n) is 19.3. The van der Waals surface area contributed by atoms with Crippen molar-refractivity contribution in [3.05, 3.63) is 80.2 Å². The van der Waals surface area contributed by atoms with Crippen LogP contribution in [0.3, 0.4) is 0 Å². The summed E-state index contributed by atoms with van der Waals surface area (Å²) < 4.78 is 10.6. The Hall–Kier alpha value is -3.81. The molecule has 2 amide bonds. The molecule has 4 rings (SSSR count). The first-order chi connectivity index (χ1) is 17.6. The van der Waals surface area contributed by atoms with Crippen LogP contribution in [0.5, 0.6) is 5.75 Å². The molecule has 0 bridgehead atoms. The molecule has 194 valence electrons. The molecule has 37 heavy (non-hydrogen) atoms. The van der Waals surface area contributed by atoms with E-state index in [1.54, 1.807) is 0 Å². The summed E-state index contributed by atoms with van der Waals surface area (Å²) >= 11 is 7.18. The van der Waals surface area contributed by atoms with E-state index < -0.39 is 40.2 Å². The Balaban J connectivity index is 1.43. The predicted molar refractivity (Wildman–Crippen MR) is 132 cm³/mol. The summed E-state index contributed by atoms with van der Waals surface area (Å²) in [5.41, 5.74) is 6.71. The lowest BCUT2D eigenvalue weighted by Crippen LogP contribution is -2.71. The van der Waals surface area contributed by atoms with Gasteiger partial charge in [0.15, 0.2) is 5.70 Å². The van der Waals surface area contributed by atoms with Gasteiger partial charge in [-0.15, -0.1) is 11.8 Å². The molecule has 0 aromatic heterocycles. The summed E-state index contributed by atoms with van der Waals surface area (Å²) in [6.45, 7) is -0.179. The fourth-order valence-electron chi connectivity index (χ4n) is 3.78. The van der Waals surface area contributed by atoms with Crippen LogP contribution in [0, 0.1) is 10.1 Å². The number of thioether (sulfide) groups is 1. The van der Waals surface area contributed by atoms with Crippen molar-refractivity contribution >= 4 is 46.8 Å². The molecule has 0 spiro atoms. The van der Waals surface area contributed by atoms with Crippen LogP contribution in [-0.4, -0.2) is 57.0 Å². The number of nitro groups is 1. The van der Waals surface area contributed by atoms with Gasteiger partial charge in [-0.3, -0.25) is 24.6 Å². The van der Waals surface area contributed by atoms with Gasteiger partial charge in [-0.25, -0.2) is 4.79 Å². The van der Waals surface area contributed by atoms with Crippen LogP contribution in [0.4, 0.5) is 5.69 Å². The lowest BCUT2D eigenvalue weighted by molar-refractivity contribution is -0.384. The van der Waals surface area contributed by atoms with E-state index >= 15 is 0 Å². The quantitative estimate of drug-likeness (QED) is 0.191. The Morgan fingerprint density at radius 1 is 1.32 bits per heavy atom. The van der Waals surface area contributed by atoms with Crippen LogP contribution >= 0.6 is 23.4 Å². The molecule has 3 atom stereocenters. The number of rotatable bonds is 8. The van der Waals surface area contributed by atoms with Gasteiger partial charge in [-0.05, 0) is 35.4 Å². The molecule has 2 unspecified atom stereocenters. The van der Waals surface area contributed by atoms with Crippen LogP contribution in [0.25, 0.3) is 0 Å². The number of phenols is 1. The smallest absolute Gasteiger partial charge is 0.358 e. The zero-order valence-corrected chi connectivity index (χ0v) is 20.8. The lowest BCUT2D eigenvalue weighted by Gasteiger charge is -2.49. The lowest BCUT2D eigenvalue weighted by atomic mass is 10.0. The van der Waals surface area contributed by atoms with E-state index in [9.17, 15) is 29.6 Å². The van der Waals surface area contributed by atoms with Gasteiger partial charge in [0.1, 0.15) is 35.6 Å². The number of esters is 1. The van der Waals surface area contributed by atoms with E-state index in [1.807, 2.05) is 0 Å². The summed E-state index contributed by atoms with van der Waals surface area (Å²) in [4.78, 5) is 50.1. The zero-order chi connectivity index (χ0) is 26.9. The molecule has 0 aliphatic carbocycles. The van der Waals surface area contributed by atoms with Crippen LogP contribution in [0.2, 0.25) is 5.02 Å². The standard InChI is InChI=1S/C23H21ClN4O8S/c1-35-16-10-37-22-18(26-20(30)17(25)12-4-7-15(29)14(24)8-12)21(31)27(22)19(16)23(32)36-9-11-2-5-13(6-3-11)28(33)34/h2-8,17-18,22,29H,9-10,25H2,1H3,(H,26,30)/t17?,18?,22-/m1/s1. The van der Waals surface area contributed by atoms with Crippen molar-refractivity contribution in [2.75, 3.05) is 12.9 Å². The second kappa shape index (κ2) is 10.7. The summed E-state index contributed by atoms with van der Waals surface area (Å²) in [6, 6.07) is 7.53. The van der Waals surface area contributed by atoms with Gasteiger partial charge < -0.3 is 25.6 Å². The van der Waals surface area contributed by atoms with Crippen molar-refractivity contribution in [3.63, 3.8) is 0 Å². The summed E-state index contributed by atoms with van der Waals surface area (Å²) in [5, 5.41) is 22.4. The molecule has 14 heteroatoms. The van der Waals surface area contributed by atoms with Gasteiger partial charge in [0.25, 0.3) is 11.6 Å². The van der Waals surface area contributed by atoms with Crippen molar-refractivity contribution in [1.29, 1.82) is 0 Å². The largest absolute Gasteiger partial charge is 0.506 e. The van der Waals surface area contributed by atoms with Crippen molar-refractivity contribution in [3.8, 4) is 5.75 Å². The monoisotopic (exact) mass is 548 g/mol. The number of hydrogen-bond donors (Lipinski definition) is 3. The van der Waals surface area contributed by atoms with E-state index in [0.29, 0.717) is 11.1 Å². The molecule has 2 aromatic carbocycles. The number of carbonyl (C=O) groups is 3. The number of benzene rings is 2. The molecular weight excluding hydrogens is 528 g/mol. The first-order valence-electron chi connectivity index (χ1n) is 10.8. The molecule has 2 aliphatic heterocycles. The van der Waals surface area contributed by atoms with E-state index in [4.69, 9.17) is 26.8 Å². The van der Waals surface area contributed by atoms with Crippen molar-refractivity contribution < 1.29 is 33.9 Å². The number of aromatic hydroxyl groups is 1. The maximum Gasteiger partial charge on any atom is 0.358 e. The minimum atomic E-state index is -1.15. The maximum absolute atomic E-state index is 13.0. The number of phenolic OH excluding ortho intramolecular Hbond substituents is 1. The second-order valence-electron chi connectivity index (χ2n) is 8.06. The van der Waals surface area contributed by atoms with E-state index in [0.717, 1.165) is 0 Å². The summed E-state index contributed by atoms with van der Waals surface area (Å²) in [6.07, 6.45) is 0. The van der Waals surface area contributed by atoms with E-state index in [1.165, 1.54) is 66.2 Å². The highest BCUT2D eigenvalue weighted by Gasteiger charge is 2.55. The third-order valence-electron chi connectivity index (χ3n) is 5.80. The van der Waals surface area contributed by atoms with Gasteiger partial charge in [-0.1, -0.05) is 17.7 Å². The van der Waals surface area contributed by atoms with E-state index in [2.05, 4.69) is 5.32 Å². The Morgan fingerprint density at radius 3 is 2.65 bits per heavy atom. The highest BCUT2D eigenvalue weighted by molar-refractivity contribution is 8.00. The third-order valence-corrected chi connectivity index (χ3v) is 7.36. The number of carbonyl (C=O) groups excluding carboxylic acids is 3. The number of hydrogen-bond acceptors (Lipinski definition) is 10. The Kier molecular flexibility index (Phi) is 7.57. The van der Waals surface area contributed by atoms with Gasteiger partial charge in [0.2, 0.25) is 5.91 Å². The summed E-state index contributed by atoms with van der Waals surface area (Å²) in [5.74, 6) is -1.66. The van der Waals surface area contributed by atoms with Gasteiger partial charge in [0, 0.05) is 12.1 Å². The molecule has 1 saturated heterocycles. The Bertz CT molecular complexity index is 1300. The number of nitrogens with two attached hydrogens (primary N) is 1. The minimum Gasteiger partial charge on any atom is -0.506 e. The van der Waals surface area contributed by atoms with Gasteiger partial charge in [0.05, 0.1) is 22.8 Å². The minimum absolute atomic E-state index is 0.0311. The number of halogens is 1. The molecule has 12 nitrogen and oxygen atoms in total. The van der Waals surface area contributed by atoms with Crippen LogP contribution in [0.15, 0.2) is 53.9 Å². The molecule has 0 saturated carbocycles. The van der Waals surface area contributed by atoms with Crippen molar-refractivity contribution in [1.82, 2.24) is 10.2 Å². The molecule has 4 N–H and O–H groups in total.